The highest BCUT2D eigenvalue weighted by atomic mass is 16.2. The van der Waals surface area contributed by atoms with Crippen LogP contribution in [-0.4, -0.2) is 50.9 Å². The average Bonchev–Trinajstić information content (AvgIpc) is 3.12. The predicted molar refractivity (Wildman–Crippen MR) is 106 cm³/mol. The van der Waals surface area contributed by atoms with Gasteiger partial charge in [0.15, 0.2) is 5.82 Å². The van der Waals surface area contributed by atoms with Crippen molar-refractivity contribution < 1.29 is 4.79 Å². The quantitative estimate of drug-likeness (QED) is 0.720. The van der Waals surface area contributed by atoms with Gasteiger partial charge in [0, 0.05) is 38.7 Å². The second kappa shape index (κ2) is 7.63. The highest BCUT2D eigenvalue weighted by molar-refractivity contribution is 5.89. The molecule has 1 atom stereocenters. The number of aryl methyl sites for hydroxylation is 1. The monoisotopic (exact) mass is 378 g/mol. The summed E-state index contributed by atoms with van der Waals surface area (Å²) in [6, 6.07) is 9.67. The first-order valence-corrected chi connectivity index (χ1v) is 9.14. The van der Waals surface area contributed by atoms with Gasteiger partial charge in [-0.25, -0.2) is 14.8 Å². The lowest BCUT2D eigenvalue weighted by atomic mass is 10.1. The second-order valence-electron chi connectivity index (χ2n) is 6.92. The summed E-state index contributed by atoms with van der Waals surface area (Å²) in [5.41, 5.74) is 1.57. The Bertz CT molecular complexity index is 952. The zero-order valence-corrected chi connectivity index (χ0v) is 15.8. The summed E-state index contributed by atoms with van der Waals surface area (Å²) >= 11 is 0. The highest BCUT2D eigenvalue weighted by Gasteiger charge is 2.24. The van der Waals surface area contributed by atoms with Crippen LogP contribution in [-0.2, 0) is 13.0 Å². The van der Waals surface area contributed by atoms with E-state index >= 15 is 0 Å². The number of urea groups is 1. The number of hydrogen-bond acceptors (Lipinski definition) is 6. The minimum atomic E-state index is -0.274. The lowest BCUT2D eigenvalue weighted by Crippen LogP contribution is -2.43. The van der Waals surface area contributed by atoms with Gasteiger partial charge in [0.1, 0.15) is 5.82 Å². The van der Waals surface area contributed by atoms with E-state index in [-0.39, 0.29) is 12.1 Å². The number of aromatic nitrogens is 5. The summed E-state index contributed by atoms with van der Waals surface area (Å²) in [4.78, 5) is 22.6. The summed E-state index contributed by atoms with van der Waals surface area (Å²) in [5.74, 6) is 2.37. The molecule has 144 valence electrons. The second-order valence-corrected chi connectivity index (χ2v) is 6.92. The number of fused-ring (bicyclic) bond motifs is 1. The molecule has 2 aromatic heterocycles. The van der Waals surface area contributed by atoms with Crippen LogP contribution in [0.3, 0.4) is 0 Å². The van der Waals surface area contributed by atoms with Crippen LogP contribution in [0.4, 0.5) is 16.4 Å². The summed E-state index contributed by atoms with van der Waals surface area (Å²) in [6.07, 6.45) is 4.77. The Morgan fingerprint density at radius 1 is 1.14 bits per heavy atom. The first kappa shape index (κ1) is 17.9. The molecular formula is C19H22N8O. The highest BCUT2D eigenvalue weighted by Crippen LogP contribution is 2.23. The molecule has 0 bridgehead atoms. The molecule has 9 heteroatoms. The largest absolute Gasteiger partial charge is 0.347 e. The zero-order chi connectivity index (χ0) is 19.5. The fraction of sp³-hybridized carbons (Fsp3) is 0.316. The van der Waals surface area contributed by atoms with Crippen LogP contribution in [0.2, 0.25) is 0 Å². The van der Waals surface area contributed by atoms with Crippen LogP contribution in [0.5, 0.6) is 0 Å². The smallest absolute Gasteiger partial charge is 0.319 e. The maximum absolute atomic E-state index is 12.4. The number of nitrogens with zero attached hydrogens (tertiary/aromatic N) is 6. The van der Waals surface area contributed by atoms with E-state index in [0.29, 0.717) is 18.2 Å². The molecule has 2 N–H and O–H groups in total. The molecule has 28 heavy (non-hydrogen) atoms. The van der Waals surface area contributed by atoms with Gasteiger partial charge in [0.2, 0.25) is 5.95 Å². The molecule has 0 fully saturated rings. The third-order valence-corrected chi connectivity index (χ3v) is 4.61. The van der Waals surface area contributed by atoms with Gasteiger partial charge < -0.3 is 20.1 Å². The first-order valence-electron chi connectivity index (χ1n) is 9.14. The number of rotatable bonds is 4. The Hall–Kier alpha value is -3.49. The van der Waals surface area contributed by atoms with Gasteiger partial charge in [-0.2, -0.15) is 0 Å². The summed E-state index contributed by atoms with van der Waals surface area (Å²) < 4.78 is 2.08. The van der Waals surface area contributed by atoms with Gasteiger partial charge in [0.25, 0.3) is 0 Å². The van der Waals surface area contributed by atoms with Crippen LogP contribution in [0.25, 0.3) is 11.4 Å². The molecule has 0 aliphatic carbocycles. The zero-order valence-electron chi connectivity index (χ0n) is 15.8. The van der Waals surface area contributed by atoms with E-state index in [4.69, 9.17) is 0 Å². The normalized spacial score (nSPS) is 15.6. The van der Waals surface area contributed by atoms with Gasteiger partial charge in [-0.15, -0.1) is 10.2 Å². The van der Waals surface area contributed by atoms with Crippen LogP contribution in [0.1, 0.15) is 12.2 Å². The molecule has 0 unspecified atom stereocenters. The minimum absolute atomic E-state index is 0.00655. The molecule has 0 saturated heterocycles. The van der Waals surface area contributed by atoms with Gasteiger partial charge in [-0.05, 0) is 6.42 Å². The van der Waals surface area contributed by atoms with Crippen LogP contribution >= 0.6 is 0 Å². The van der Waals surface area contributed by atoms with Crippen molar-refractivity contribution in [1.29, 1.82) is 0 Å². The molecular weight excluding hydrogens is 356 g/mol. The van der Waals surface area contributed by atoms with Crippen molar-refractivity contribution >= 4 is 17.7 Å². The fourth-order valence-corrected chi connectivity index (χ4v) is 3.21. The Labute approximate surface area is 162 Å². The first-order chi connectivity index (χ1) is 13.6. The Morgan fingerprint density at radius 3 is 2.61 bits per heavy atom. The number of anilines is 2. The van der Waals surface area contributed by atoms with Crippen LogP contribution in [0.15, 0.2) is 42.7 Å². The van der Waals surface area contributed by atoms with Gasteiger partial charge in [-0.3, -0.25) is 0 Å². The molecule has 2 amide bonds. The van der Waals surface area contributed by atoms with Crippen molar-refractivity contribution in [2.75, 3.05) is 24.3 Å². The topological polar surface area (TPSA) is 101 Å². The fourth-order valence-electron chi connectivity index (χ4n) is 3.21. The van der Waals surface area contributed by atoms with Crippen molar-refractivity contribution in [3.8, 4) is 11.4 Å². The average molecular weight is 378 g/mol. The summed E-state index contributed by atoms with van der Waals surface area (Å²) in [5, 5.41) is 14.4. The summed E-state index contributed by atoms with van der Waals surface area (Å²) in [6.45, 7) is 0.635. The third kappa shape index (κ3) is 3.78. The van der Waals surface area contributed by atoms with E-state index in [1.807, 2.05) is 44.4 Å². The van der Waals surface area contributed by atoms with Crippen LogP contribution < -0.4 is 15.5 Å². The molecule has 1 aliphatic rings. The molecule has 3 aromatic rings. The molecule has 0 spiro atoms. The lowest BCUT2D eigenvalue weighted by molar-refractivity contribution is 0.244. The number of nitrogens with one attached hydrogen (secondary N) is 2. The Morgan fingerprint density at radius 2 is 1.89 bits per heavy atom. The van der Waals surface area contributed by atoms with E-state index in [2.05, 4.69) is 35.4 Å². The number of benzene rings is 1. The van der Waals surface area contributed by atoms with Crippen molar-refractivity contribution in [3.63, 3.8) is 0 Å². The van der Waals surface area contributed by atoms with E-state index in [0.717, 1.165) is 30.1 Å². The van der Waals surface area contributed by atoms with E-state index in [9.17, 15) is 4.79 Å². The van der Waals surface area contributed by atoms with Crippen molar-refractivity contribution in [3.05, 3.63) is 48.5 Å². The Kier molecular flexibility index (Phi) is 4.88. The van der Waals surface area contributed by atoms with E-state index < -0.39 is 0 Å². The van der Waals surface area contributed by atoms with Crippen molar-refractivity contribution in [1.82, 2.24) is 30.0 Å². The Balaban J connectivity index is 1.41. The molecule has 0 saturated carbocycles. The van der Waals surface area contributed by atoms with Gasteiger partial charge >= 0.3 is 6.03 Å². The third-order valence-electron chi connectivity index (χ3n) is 4.61. The minimum Gasteiger partial charge on any atom is -0.347 e. The molecule has 1 aromatic carbocycles. The lowest BCUT2D eigenvalue weighted by Gasteiger charge is -2.25. The number of carbonyl (C=O) groups is 1. The van der Waals surface area contributed by atoms with Gasteiger partial charge in [0.05, 0.1) is 18.1 Å². The molecule has 4 rings (SSSR count). The molecule has 3 heterocycles. The standard InChI is InChI=1S/C19H22N8O/c1-26(2)18-20-10-15(11-21-18)23-19(28)22-14-8-9-16-24-25-17(27(16)12-14)13-6-4-3-5-7-13/h3-7,10-11,14H,8-9,12H2,1-2H3,(H2,22,23,28)/t14-/m1/s1. The van der Waals surface area contributed by atoms with Gasteiger partial charge in [-0.1, -0.05) is 30.3 Å². The van der Waals surface area contributed by atoms with Crippen molar-refractivity contribution in [2.24, 2.45) is 0 Å². The number of amides is 2. The van der Waals surface area contributed by atoms with E-state index in [1.165, 1.54) is 0 Å². The maximum Gasteiger partial charge on any atom is 0.319 e. The number of carbonyl (C=O) groups excluding carboxylic acids is 1. The van der Waals surface area contributed by atoms with Crippen molar-refractivity contribution in [2.45, 2.75) is 25.4 Å². The number of hydrogen-bond donors (Lipinski definition) is 2. The summed E-state index contributed by atoms with van der Waals surface area (Å²) in [7, 11) is 3.72. The predicted octanol–water partition coefficient (Wildman–Crippen LogP) is 1.94. The molecule has 1 aliphatic heterocycles. The van der Waals surface area contributed by atoms with E-state index in [1.54, 1.807) is 17.3 Å². The maximum atomic E-state index is 12.4. The van der Waals surface area contributed by atoms with Crippen LogP contribution in [0, 0.1) is 0 Å². The molecule has 0 radical (unpaired) electrons. The molecule has 9 nitrogen and oxygen atoms in total. The SMILES string of the molecule is CN(C)c1ncc(NC(=O)N[C@@H]2CCc3nnc(-c4ccccc4)n3C2)cn1.